The Labute approximate surface area is 102 Å². The molecule has 17 heavy (non-hydrogen) atoms. The lowest BCUT2D eigenvalue weighted by atomic mass is 9.88. The molecule has 0 aromatic carbocycles. The van der Waals surface area contributed by atoms with Crippen molar-refractivity contribution < 1.29 is 9.59 Å². The highest BCUT2D eigenvalue weighted by Gasteiger charge is 2.33. The van der Waals surface area contributed by atoms with Crippen LogP contribution in [-0.4, -0.2) is 37.0 Å². The number of carbonyl (C=O) groups excluding carboxylic acids is 2. The molecule has 0 aromatic rings. The van der Waals surface area contributed by atoms with Crippen LogP contribution in [-0.2, 0) is 9.59 Å². The third kappa shape index (κ3) is 2.77. The first-order chi connectivity index (χ1) is 8.08. The predicted molar refractivity (Wildman–Crippen MR) is 64.3 cm³/mol. The second kappa shape index (κ2) is 5.04. The Balaban J connectivity index is 1.90. The first kappa shape index (κ1) is 12.4. The van der Waals surface area contributed by atoms with Gasteiger partial charge in [0.15, 0.2) is 0 Å². The van der Waals surface area contributed by atoms with Crippen molar-refractivity contribution in [1.29, 1.82) is 0 Å². The van der Waals surface area contributed by atoms with E-state index in [2.05, 4.69) is 29.8 Å². The molecule has 0 saturated carbocycles. The van der Waals surface area contributed by atoms with Crippen LogP contribution in [0.25, 0.3) is 0 Å². The van der Waals surface area contributed by atoms with Crippen LogP contribution < -0.4 is 16.0 Å². The van der Waals surface area contributed by atoms with E-state index >= 15 is 0 Å². The zero-order valence-electron chi connectivity index (χ0n) is 10.5. The van der Waals surface area contributed by atoms with E-state index in [1.807, 2.05) is 0 Å². The maximum Gasteiger partial charge on any atom is 0.225 e. The standard InChI is InChI=1S/C12H21N3O2/c1-7-3-4-13-8(2)11(7)15-12(17)9-5-10(16)14-6-9/h7-9,11,13H,3-6H2,1-2H3,(H,14,16)(H,15,17). The molecule has 5 heteroatoms. The average Bonchev–Trinajstić information content (AvgIpc) is 2.70. The SMILES string of the molecule is CC1CCNC(C)C1NC(=O)C1CNC(=O)C1. The molecule has 5 nitrogen and oxygen atoms in total. The summed E-state index contributed by atoms with van der Waals surface area (Å²) >= 11 is 0. The Morgan fingerprint density at radius 1 is 1.41 bits per heavy atom. The monoisotopic (exact) mass is 239 g/mol. The lowest BCUT2D eigenvalue weighted by molar-refractivity contribution is -0.127. The van der Waals surface area contributed by atoms with E-state index < -0.39 is 0 Å². The number of nitrogens with one attached hydrogen (secondary N) is 3. The van der Waals surface area contributed by atoms with E-state index in [0.29, 0.717) is 24.9 Å². The zero-order chi connectivity index (χ0) is 12.4. The zero-order valence-corrected chi connectivity index (χ0v) is 10.5. The fourth-order valence-corrected chi connectivity index (χ4v) is 2.68. The second-order valence-electron chi connectivity index (χ2n) is 5.25. The molecule has 2 aliphatic rings. The van der Waals surface area contributed by atoms with Gasteiger partial charge in [-0.05, 0) is 25.8 Å². The third-order valence-corrected chi connectivity index (χ3v) is 3.87. The third-order valence-electron chi connectivity index (χ3n) is 3.87. The number of hydrogen-bond acceptors (Lipinski definition) is 3. The molecule has 0 aliphatic carbocycles. The van der Waals surface area contributed by atoms with E-state index in [-0.39, 0.29) is 23.8 Å². The van der Waals surface area contributed by atoms with Crippen LogP contribution in [0.1, 0.15) is 26.7 Å². The first-order valence-electron chi connectivity index (χ1n) is 6.38. The average molecular weight is 239 g/mol. The molecule has 4 atom stereocenters. The molecule has 2 fully saturated rings. The van der Waals surface area contributed by atoms with Gasteiger partial charge in [-0.25, -0.2) is 0 Å². The topological polar surface area (TPSA) is 70.2 Å². The number of carbonyl (C=O) groups is 2. The Kier molecular flexibility index (Phi) is 3.66. The number of piperidine rings is 1. The van der Waals surface area contributed by atoms with Gasteiger partial charge < -0.3 is 16.0 Å². The van der Waals surface area contributed by atoms with Crippen LogP contribution >= 0.6 is 0 Å². The van der Waals surface area contributed by atoms with Gasteiger partial charge in [-0.2, -0.15) is 0 Å². The molecule has 4 unspecified atom stereocenters. The minimum atomic E-state index is -0.191. The van der Waals surface area contributed by atoms with E-state index in [1.54, 1.807) is 0 Å². The normalized spacial score (nSPS) is 37.6. The molecule has 2 rings (SSSR count). The number of rotatable bonds is 2. The first-order valence-corrected chi connectivity index (χ1v) is 6.38. The summed E-state index contributed by atoms with van der Waals surface area (Å²) in [6.45, 7) is 5.75. The van der Waals surface area contributed by atoms with Gasteiger partial charge in [0.2, 0.25) is 11.8 Å². The molecule has 2 heterocycles. The molecular weight excluding hydrogens is 218 g/mol. The highest BCUT2D eigenvalue weighted by Crippen LogP contribution is 2.18. The van der Waals surface area contributed by atoms with Gasteiger partial charge in [0.1, 0.15) is 0 Å². The van der Waals surface area contributed by atoms with E-state index in [1.165, 1.54) is 0 Å². The predicted octanol–water partition coefficient (Wildman–Crippen LogP) is -0.375. The molecule has 0 radical (unpaired) electrons. The van der Waals surface area contributed by atoms with Crippen molar-refractivity contribution in [3.63, 3.8) is 0 Å². The van der Waals surface area contributed by atoms with Gasteiger partial charge in [0.25, 0.3) is 0 Å². The maximum atomic E-state index is 12.0. The van der Waals surface area contributed by atoms with Gasteiger partial charge in [-0.3, -0.25) is 9.59 Å². The molecule has 2 saturated heterocycles. The molecule has 96 valence electrons. The van der Waals surface area contributed by atoms with Crippen LogP contribution in [0.5, 0.6) is 0 Å². The summed E-state index contributed by atoms with van der Waals surface area (Å²) in [5, 5.41) is 9.15. The van der Waals surface area contributed by atoms with Crippen molar-refractivity contribution in [3.8, 4) is 0 Å². The van der Waals surface area contributed by atoms with Crippen molar-refractivity contribution in [2.75, 3.05) is 13.1 Å². The van der Waals surface area contributed by atoms with E-state index in [4.69, 9.17) is 0 Å². The van der Waals surface area contributed by atoms with Crippen molar-refractivity contribution in [1.82, 2.24) is 16.0 Å². The molecule has 0 bridgehead atoms. The molecule has 0 aromatic heterocycles. The highest BCUT2D eigenvalue weighted by molar-refractivity contribution is 5.89. The Morgan fingerprint density at radius 2 is 2.18 bits per heavy atom. The van der Waals surface area contributed by atoms with Crippen molar-refractivity contribution >= 4 is 11.8 Å². The fraction of sp³-hybridized carbons (Fsp3) is 0.833. The minimum Gasteiger partial charge on any atom is -0.355 e. The molecule has 2 aliphatic heterocycles. The van der Waals surface area contributed by atoms with Gasteiger partial charge in [-0.1, -0.05) is 6.92 Å². The van der Waals surface area contributed by atoms with Crippen molar-refractivity contribution in [3.05, 3.63) is 0 Å². The van der Waals surface area contributed by atoms with E-state index in [0.717, 1.165) is 13.0 Å². The molecule has 2 amide bonds. The Morgan fingerprint density at radius 3 is 2.76 bits per heavy atom. The molecule has 0 spiro atoms. The summed E-state index contributed by atoms with van der Waals surface area (Å²) in [5.41, 5.74) is 0. The van der Waals surface area contributed by atoms with Gasteiger partial charge in [0.05, 0.1) is 5.92 Å². The smallest absolute Gasteiger partial charge is 0.225 e. The van der Waals surface area contributed by atoms with E-state index in [9.17, 15) is 9.59 Å². The lowest BCUT2D eigenvalue weighted by Crippen LogP contribution is -2.57. The minimum absolute atomic E-state index is 0.00995. The number of hydrogen-bond donors (Lipinski definition) is 3. The van der Waals surface area contributed by atoms with Crippen LogP contribution in [0.2, 0.25) is 0 Å². The number of amides is 2. The molecule has 3 N–H and O–H groups in total. The fourth-order valence-electron chi connectivity index (χ4n) is 2.68. The van der Waals surface area contributed by atoms with Crippen LogP contribution in [0, 0.1) is 11.8 Å². The summed E-state index contributed by atoms with van der Waals surface area (Å²) in [6, 6.07) is 0.472. The summed E-state index contributed by atoms with van der Waals surface area (Å²) in [4.78, 5) is 23.1. The highest BCUT2D eigenvalue weighted by atomic mass is 16.2. The van der Waals surface area contributed by atoms with Gasteiger partial charge in [-0.15, -0.1) is 0 Å². The maximum absolute atomic E-state index is 12.0. The summed E-state index contributed by atoms with van der Waals surface area (Å²) in [5.74, 6) is 0.285. The summed E-state index contributed by atoms with van der Waals surface area (Å²) in [6.07, 6.45) is 1.41. The Bertz CT molecular complexity index is 309. The van der Waals surface area contributed by atoms with Crippen LogP contribution in [0.3, 0.4) is 0 Å². The van der Waals surface area contributed by atoms with Crippen molar-refractivity contribution in [2.24, 2.45) is 11.8 Å². The van der Waals surface area contributed by atoms with Crippen LogP contribution in [0.4, 0.5) is 0 Å². The quantitative estimate of drug-likeness (QED) is 0.615. The summed E-state index contributed by atoms with van der Waals surface area (Å²) < 4.78 is 0. The van der Waals surface area contributed by atoms with Gasteiger partial charge in [0, 0.05) is 25.0 Å². The molecular formula is C12H21N3O2. The second-order valence-corrected chi connectivity index (χ2v) is 5.25. The Hall–Kier alpha value is -1.10. The summed E-state index contributed by atoms with van der Waals surface area (Å²) in [7, 11) is 0. The van der Waals surface area contributed by atoms with Gasteiger partial charge >= 0.3 is 0 Å². The van der Waals surface area contributed by atoms with Crippen LogP contribution in [0.15, 0.2) is 0 Å². The lowest BCUT2D eigenvalue weighted by Gasteiger charge is -2.36. The van der Waals surface area contributed by atoms with Crippen molar-refractivity contribution in [2.45, 2.75) is 38.8 Å². The largest absolute Gasteiger partial charge is 0.355 e.